The van der Waals surface area contributed by atoms with Crippen LogP contribution in [0.1, 0.15) is 31.1 Å². The van der Waals surface area contributed by atoms with Gasteiger partial charge in [-0.15, -0.1) is 0 Å². The van der Waals surface area contributed by atoms with E-state index in [9.17, 15) is 8.78 Å². The number of hydrogen-bond acceptors (Lipinski definition) is 2. The molecule has 2 rings (SSSR count). The maximum absolute atomic E-state index is 13.7. The molecule has 19 heavy (non-hydrogen) atoms. The second-order valence-electron chi connectivity index (χ2n) is 4.55. The van der Waals surface area contributed by atoms with Crippen LogP contribution in [0.3, 0.4) is 0 Å². The number of rotatable bonds is 4. The lowest BCUT2D eigenvalue weighted by Crippen LogP contribution is -2.09. The Bertz CT molecular complexity index is 578. The number of halogens is 2. The molecule has 0 amide bonds. The molecule has 5 heteroatoms. The van der Waals surface area contributed by atoms with Crippen LogP contribution in [0.4, 0.5) is 14.5 Å². The van der Waals surface area contributed by atoms with Crippen LogP contribution in [0.5, 0.6) is 0 Å². The molecule has 0 saturated carbocycles. The molecule has 1 aromatic carbocycles. The summed E-state index contributed by atoms with van der Waals surface area (Å²) in [6.45, 7) is 3.85. The first-order chi connectivity index (χ1) is 9.01. The fourth-order valence-corrected chi connectivity index (χ4v) is 2.08. The summed E-state index contributed by atoms with van der Waals surface area (Å²) in [5.74, 6) is -1.11. The Labute approximate surface area is 111 Å². The van der Waals surface area contributed by atoms with E-state index in [0.717, 1.165) is 23.9 Å². The van der Waals surface area contributed by atoms with E-state index in [-0.39, 0.29) is 6.04 Å². The maximum atomic E-state index is 13.7. The Morgan fingerprint density at radius 3 is 2.74 bits per heavy atom. The second-order valence-corrected chi connectivity index (χ2v) is 4.55. The zero-order chi connectivity index (χ0) is 14.0. The number of nitrogens with zero attached hydrogens (tertiary/aromatic N) is 2. The van der Waals surface area contributed by atoms with Crippen molar-refractivity contribution in [2.45, 2.75) is 26.3 Å². The first kappa shape index (κ1) is 13.5. The van der Waals surface area contributed by atoms with Gasteiger partial charge in [0.1, 0.15) is 11.6 Å². The van der Waals surface area contributed by atoms with Crippen LogP contribution in [-0.4, -0.2) is 9.78 Å². The van der Waals surface area contributed by atoms with E-state index in [1.54, 1.807) is 4.68 Å². The third kappa shape index (κ3) is 2.92. The Morgan fingerprint density at radius 1 is 1.37 bits per heavy atom. The highest BCUT2D eigenvalue weighted by Gasteiger charge is 2.14. The van der Waals surface area contributed by atoms with Crippen molar-refractivity contribution >= 4 is 5.69 Å². The fourth-order valence-electron chi connectivity index (χ4n) is 2.08. The third-order valence-corrected chi connectivity index (χ3v) is 3.04. The molecule has 0 bridgehead atoms. The first-order valence-electron chi connectivity index (χ1n) is 6.25. The molecule has 0 fully saturated rings. The summed E-state index contributed by atoms with van der Waals surface area (Å²) in [6.07, 6.45) is 2.65. The van der Waals surface area contributed by atoms with Crippen LogP contribution in [0, 0.1) is 11.6 Å². The van der Waals surface area contributed by atoms with Gasteiger partial charge in [0, 0.05) is 24.9 Å². The van der Waals surface area contributed by atoms with Crippen molar-refractivity contribution in [3.8, 4) is 0 Å². The molecular formula is C14H17F2N3. The molecule has 3 nitrogen and oxygen atoms in total. The van der Waals surface area contributed by atoms with E-state index in [0.29, 0.717) is 5.56 Å². The summed E-state index contributed by atoms with van der Waals surface area (Å²) in [5.41, 5.74) is 2.24. The summed E-state index contributed by atoms with van der Waals surface area (Å²) >= 11 is 0. The molecule has 1 N–H and O–H groups in total. The highest BCUT2D eigenvalue weighted by Crippen LogP contribution is 2.24. The normalized spacial score (nSPS) is 12.5. The molecule has 1 aromatic heterocycles. The molecule has 2 aromatic rings. The van der Waals surface area contributed by atoms with Gasteiger partial charge in [0.2, 0.25) is 0 Å². The van der Waals surface area contributed by atoms with Gasteiger partial charge < -0.3 is 5.32 Å². The second kappa shape index (κ2) is 5.38. The van der Waals surface area contributed by atoms with Crippen LogP contribution in [0.2, 0.25) is 0 Å². The molecule has 0 radical (unpaired) electrons. The van der Waals surface area contributed by atoms with Crippen molar-refractivity contribution in [3.05, 3.63) is 47.3 Å². The zero-order valence-electron chi connectivity index (χ0n) is 11.2. The van der Waals surface area contributed by atoms with Gasteiger partial charge in [-0.05, 0) is 19.4 Å². The molecule has 0 aliphatic heterocycles. The average Bonchev–Trinajstić information content (AvgIpc) is 2.69. The number of nitrogens with one attached hydrogen (secondary N) is 1. The van der Waals surface area contributed by atoms with E-state index < -0.39 is 11.6 Å². The molecule has 0 aliphatic carbocycles. The minimum Gasteiger partial charge on any atom is -0.376 e. The van der Waals surface area contributed by atoms with Gasteiger partial charge >= 0.3 is 0 Å². The van der Waals surface area contributed by atoms with Crippen molar-refractivity contribution in [2.75, 3.05) is 5.32 Å². The quantitative estimate of drug-likeness (QED) is 0.917. The van der Waals surface area contributed by atoms with Crippen LogP contribution in [-0.2, 0) is 13.5 Å². The monoisotopic (exact) mass is 265 g/mol. The summed E-state index contributed by atoms with van der Waals surface area (Å²) in [6, 6.07) is 3.37. The van der Waals surface area contributed by atoms with Crippen LogP contribution >= 0.6 is 0 Å². The lowest BCUT2D eigenvalue weighted by atomic mass is 10.1. The first-order valence-corrected chi connectivity index (χ1v) is 6.25. The molecule has 0 spiro atoms. The average molecular weight is 265 g/mol. The minimum atomic E-state index is -0.566. The SMILES string of the molecule is CCc1nn(C)cc1NC(C)c1ccc(F)cc1F. The van der Waals surface area contributed by atoms with Crippen LogP contribution in [0.15, 0.2) is 24.4 Å². The van der Waals surface area contributed by atoms with Crippen molar-refractivity contribution in [2.24, 2.45) is 7.05 Å². The highest BCUT2D eigenvalue weighted by molar-refractivity contribution is 5.48. The Balaban J connectivity index is 2.22. The van der Waals surface area contributed by atoms with E-state index in [1.165, 1.54) is 12.1 Å². The number of anilines is 1. The van der Waals surface area contributed by atoms with E-state index in [2.05, 4.69) is 10.4 Å². The summed E-state index contributed by atoms with van der Waals surface area (Å²) in [5, 5.41) is 7.53. The molecular weight excluding hydrogens is 248 g/mol. The Kier molecular flexibility index (Phi) is 3.83. The Hall–Kier alpha value is -1.91. The summed E-state index contributed by atoms with van der Waals surface area (Å²) in [4.78, 5) is 0. The minimum absolute atomic E-state index is 0.255. The van der Waals surface area contributed by atoms with E-state index in [1.807, 2.05) is 27.1 Å². The van der Waals surface area contributed by atoms with Gasteiger partial charge in [0.25, 0.3) is 0 Å². The van der Waals surface area contributed by atoms with Crippen LogP contribution in [0.25, 0.3) is 0 Å². The lowest BCUT2D eigenvalue weighted by molar-refractivity contribution is 0.566. The maximum Gasteiger partial charge on any atom is 0.131 e. The van der Waals surface area contributed by atoms with E-state index in [4.69, 9.17) is 0 Å². The van der Waals surface area contributed by atoms with Gasteiger partial charge in [0.05, 0.1) is 17.4 Å². The lowest BCUT2D eigenvalue weighted by Gasteiger charge is -2.16. The molecule has 1 unspecified atom stereocenters. The van der Waals surface area contributed by atoms with Crippen molar-refractivity contribution in [1.82, 2.24) is 9.78 Å². The largest absolute Gasteiger partial charge is 0.376 e. The third-order valence-electron chi connectivity index (χ3n) is 3.04. The van der Waals surface area contributed by atoms with Gasteiger partial charge in [0.15, 0.2) is 0 Å². The standard InChI is InChI=1S/C14H17F2N3/c1-4-13-14(8-19(3)18-13)17-9(2)11-6-5-10(15)7-12(11)16/h5-9,17H,4H2,1-3H3. The van der Waals surface area contributed by atoms with Crippen molar-refractivity contribution in [3.63, 3.8) is 0 Å². The smallest absolute Gasteiger partial charge is 0.131 e. The van der Waals surface area contributed by atoms with Gasteiger partial charge in [-0.25, -0.2) is 8.78 Å². The molecule has 1 atom stereocenters. The number of aryl methyl sites for hydroxylation is 2. The summed E-state index contributed by atoms with van der Waals surface area (Å²) in [7, 11) is 1.84. The van der Waals surface area contributed by atoms with Crippen LogP contribution < -0.4 is 5.32 Å². The molecule has 0 saturated heterocycles. The van der Waals surface area contributed by atoms with Crippen molar-refractivity contribution in [1.29, 1.82) is 0 Å². The molecule has 1 heterocycles. The summed E-state index contributed by atoms with van der Waals surface area (Å²) < 4.78 is 28.3. The number of aromatic nitrogens is 2. The number of benzene rings is 1. The predicted octanol–water partition coefficient (Wildman–Crippen LogP) is 3.43. The van der Waals surface area contributed by atoms with Gasteiger partial charge in [-0.1, -0.05) is 13.0 Å². The highest BCUT2D eigenvalue weighted by atomic mass is 19.1. The van der Waals surface area contributed by atoms with Gasteiger partial charge in [-0.2, -0.15) is 5.10 Å². The topological polar surface area (TPSA) is 29.9 Å². The molecule has 102 valence electrons. The zero-order valence-corrected chi connectivity index (χ0v) is 11.2. The van der Waals surface area contributed by atoms with Gasteiger partial charge in [-0.3, -0.25) is 4.68 Å². The van der Waals surface area contributed by atoms with E-state index >= 15 is 0 Å². The van der Waals surface area contributed by atoms with Crippen molar-refractivity contribution < 1.29 is 8.78 Å². The molecule has 0 aliphatic rings. The predicted molar refractivity (Wildman–Crippen MR) is 71.0 cm³/mol. The fraction of sp³-hybridized carbons (Fsp3) is 0.357. The number of hydrogen-bond donors (Lipinski definition) is 1. The Morgan fingerprint density at radius 2 is 2.11 bits per heavy atom.